The summed E-state index contributed by atoms with van der Waals surface area (Å²) in [6, 6.07) is 6.61. The van der Waals surface area contributed by atoms with Gasteiger partial charge in [-0.25, -0.2) is 0 Å². The number of aliphatic hydroxyl groups is 1. The van der Waals surface area contributed by atoms with Crippen LogP contribution in [0.25, 0.3) is 0 Å². The van der Waals surface area contributed by atoms with E-state index in [-0.39, 0.29) is 42.2 Å². The number of hydrogen-bond acceptors (Lipinski definition) is 7. The second-order valence-electron chi connectivity index (χ2n) is 11.5. The minimum Gasteiger partial charge on any atom is -0.465 e. The topological polar surface area (TPSA) is 90.4 Å². The maximum atomic E-state index is 14.6. The van der Waals surface area contributed by atoms with Crippen LogP contribution in [0, 0.1) is 17.8 Å². The number of amides is 2. The molecule has 2 saturated heterocycles. The average Bonchev–Trinajstić information content (AvgIpc) is 3.32. The van der Waals surface area contributed by atoms with E-state index in [1.54, 1.807) is 9.80 Å². The summed E-state index contributed by atoms with van der Waals surface area (Å²) < 4.78 is 4.63. The highest BCUT2D eigenvalue weighted by Gasteiger charge is 2.71. The zero-order chi connectivity index (χ0) is 28.6. The predicted molar refractivity (Wildman–Crippen MR) is 158 cm³/mol. The Morgan fingerprint density at radius 1 is 1.10 bits per heavy atom. The first-order chi connectivity index (χ1) is 19.3. The lowest BCUT2D eigenvalue weighted by Crippen LogP contribution is -2.57. The van der Waals surface area contributed by atoms with Gasteiger partial charge in [-0.2, -0.15) is 0 Å². The van der Waals surface area contributed by atoms with Crippen molar-refractivity contribution in [3.8, 4) is 0 Å². The Hall–Kier alpha value is -2.78. The molecule has 1 aromatic carbocycles. The van der Waals surface area contributed by atoms with E-state index in [9.17, 15) is 19.5 Å². The fourth-order valence-corrected chi connectivity index (χ4v) is 8.91. The number of thioether (sulfide) groups is 1. The molecule has 6 atom stereocenters. The van der Waals surface area contributed by atoms with Crippen LogP contribution >= 0.6 is 11.8 Å². The number of nitrogens with zero attached hydrogens (tertiary/aromatic N) is 3. The summed E-state index contributed by atoms with van der Waals surface area (Å²) in [7, 11) is 0. The Bertz CT molecular complexity index is 1180. The number of benzene rings is 1. The van der Waals surface area contributed by atoms with Gasteiger partial charge in [0.15, 0.2) is 0 Å². The largest absolute Gasteiger partial charge is 0.465 e. The quantitative estimate of drug-likeness (QED) is 0.379. The van der Waals surface area contributed by atoms with Crippen LogP contribution in [0.15, 0.2) is 48.6 Å². The molecule has 4 heterocycles. The number of cyclic esters (lactones) is 1. The van der Waals surface area contributed by atoms with Crippen molar-refractivity contribution in [3.63, 3.8) is 0 Å². The Morgan fingerprint density at radius 3 is 2.48 bits per heavy atom. The van der Waals surface area contributed by atoms with E-state index < -0.39 is 28.7 Å². The van der Waals surface area contributed by atoms with Crippen molar-refractivity contribution in [2.24, 2.45) is 17.8 Å². The van der Waals surface area contributed by atoms with Crippen LogP contribution in [0.3, 0.4) is 0 Å². The monoisotopic (exact) mass is 567 g/mol. The van der Waals surface area contributed by atoms with Crippen LogP contribution in [0.4, 0.5) is 11.4 Å². The van der Waals surface area contributed by atoms with Crippen molar-refractivity contribution in [3.05, 3.63) is 48.6 Å². The summed E-state index contributed by atoms with van der Waals surface area (Å²) in [6.07, 6.45) is 9.18. The predicted octanol–water partition coefficient (Wildman–Crippen LogP) is 3.64. The van der Waals surface area contributed by atoms with Gasteiger partial charge in [0, 0.05) is 36.3 Å². The number of fused-ring (bicyclic) bond motifs is 2. The third-order valence-electron chi connectivity index (χ3n) is 8.70. The van der Waals surface area contributed by atoms with E-state index in [0.717, 1.165) is 24.5 Å². The lowest BCUT2D eigenvalue weighted by molar-refractivity contribution is -0.153. The van der Waals surface area contributed by atoms with Gasteiger partial charge in [-0.3, -0.25) is 14.4 Å². The van der Waals surface area contributed by atoms with Crippen LogP contribution < -0.4 is 9.80 Å². The molecular formula is C31H41N3O5S. The van der Waals surface area contributed by atoms with E-state index in [2.05, 4.69) is 18.7 Å². The fraction of sp³-hybridized carbons (Fsp3) is 0.581. The molecule has 2 fully saturated rings. The highest BCUT2D eigenvalue weighted by Crippen LogP contribution is 2.61. The second kappa shape index (κ2) is 11.6. The molecule has 5 rings (SSSR count). The average molecular weight is 568 g/mol. The highest BCUT2D eigenvalue weighted by molar-refractivity contribution is 8.02. The summed E-state index contributed by atoms with van der Waals surface area (Å²) in [6.45, 7) is 10.5. The number of hydrogen-bond donors (Lipinski definition) is 1. The minimum atomic E-state index is -0.933. The number of esters is 1. The number of aliphatic hydroxyl groups excluding tert-OH is 1. The molecule has 0 radical (unpaired) electrons. The van der Waals surface area contributed by atoms with Gasteiger partial charge in [0.25, 0.3) is 5.91 Å². The summed E-state index contributed by atoms with van der Waals surface area (Å²) in [5.74, 6) is -2.02. The van der Waals surface area contributed by atoms with E-state index in [1.807, 2.05) is 62.4 Å². The van der Waals surface area contributed by atoms with Crippen LogP contribution in [-0.2, 0) is 19.1 Å². The molecule has 1 spiro atoms. The maximum Gasteiger partial charge on any atom is 0.311 e. The van der Waals surface area contributed by atoms with Gasteiger partial charge in [0.1, 0.15) is 6.04 Å². The molecule has 0 bridgehead atoms. The first-order valence-electron chi connectivity index (χ1n) is 14.6. The van der Waals surface area contributed by atoms with E-state index in [4.69, 9.17) is 4.74 Å². The fourth-order valence-electron chi connectivity index (χ4n) is 6.92. The molecule has 2 amide bonds. The van der Waals surface area contributed by atoms with E-state index in [1.165, 1.54) is 11.8 Å². The maximum absolute atomic E-state index is 14.6. The molecule has 0 aromatic heterocycles. The van der Waals surface area contributed by atoms with Crippen LogP contribution in [-0.4, -0.2) is 82.7 Å². The molecule has 0 aliphatic carbocycles. The Labute approximate surface area is 241 Å². The molecule has 40 heavy (non-hydrogen) atoms. The Balaban J connectivity index is 1.59. The number of likely N-dealkylation sites (tertiary alicyclic amines) is 1. The molecule has 4 aliphatic rings. The zero-order valence-electron chi connectivity index (χ0n) is 23.9. The normalized spacial score (nSPS) is 30.4. The summed E-state index contributed by atoms with van der Waals surface area (Å²) >= 11 is 1.53. The molecule has 4 aliphatic heterocycles. The molecule has 1 unspecified atom stereocenters. The van der Waals surface area contributed by atoms with Crippen molar-refractivity contribution >= 4 is 40.9 Å². The first-order valence-corrected chi connectivity index (χ1v) is 15.4. The van der Waals surface area contributed by atoms with Crippen molar-refractivity contribution in [2.45, 2.75) is 62.6 Å². The van der Waals surface area contributed by atoms with Crippen LogP contribution in [0.1, 0.15) is 40.5 Å². The summed E-state index contributed by atoms with van der Waals surface area (Å²) in [4.78, 5) is 47.9. The third kappa shape index (κ3) is 4.75. The second-order valence-corrected chi connectivity index (χ2v) is 13.0. The summed E-state index contributed by atoms with van der Waals surface area (Å²) in [5, 5.41) is 10.2. The van der Waals surface area contributed by atoms with Gasteiger partial charge >= 0.3 is 5.97 Å². The highest BCUT2D eigenvalue weighted by atomic mass is 32.2. The number of carbonyl (C=O) groups excluding carboxylic acids is 3. The van der Waals surface area contributed by atoms with Gasteiger partial charge in [-0.15, -0.1) is 11.8 Å². The molecule has 1 N–H and O–H groups in total. The number of anilines is 2. The zero-order valence-corrected chi connectivity index (χ0v) is 24.7. The molecule has 216 valence electrons. The molecule has 9 heteroatoms. The lowest BCUT2D eigenvalue weighted by Gasteiger charge is -2.39. The van der Waals surface area contributed by atoms with Gasteiger partial charge in [0.05, 0.1) is 35.8 Å². The number of carbonyl (C=O) groups is 3. The van der Waals surface area contributed by atoms with Gasteiger partial charge in [-0.05, 0) is 56.9 Å². The van der Waals surface area contributed by atoms with Crippen molar-refractivity contribution < 1.29 is 24.2 Å². The molecule has 0 saturated carbocycles. The molecular weight excluding hydrogens is 526 g/mol. The van der Waals surface area contributed by atoms with Gasteiger partial charge in [-0.1, -0.05) is 38.2 Å². The number of ether oxygens (including phenoxy) is 1. The van der Waals surface area contributed by atoms with Crippen molar-refractivity contribution in [1.29, 1.82) is 0 Å². The Morgan fingerprint density at radius 2 is 1.82 bits per heavy atom. The standard InChI is InChI=1S/C31H41N3O5S/c1-5-32(6-2)21-11-13-22(14-12-21)33-16-9-15-31-26(25-24(40-31)10-7-8-17-39-30(25)38)28(36)34(27(31)29(33)37)23(19-35)18-20(3)4/h7,9-15,20,23-27,35H,5-6,8,16-19H2,1-4H3/t23-,24+,25-,26+,27?,31+/m1/s1. The SMILES string of the molecule is CCN(CC)c1ccc(N2CC=C[C@]34S[C@H]5C=CCCOC(=O)[C@H]5[C@H]3C(=O)N([C@@H](CO)CC(C)C)C4C2=O)cc1. The minimum absolute atomic E-state index is 0.183. The van der Waals surface area contributed by atoms with Crippen LogP contribution in [0.2, 0.25) is 0 Å². The summed E-state index contributed by atoms with van der Waals surface area (Å²) in [5.41, 5.74) is 1.85. The van der Waals surface area contributed by atoms with Gasteiger partial charge < -0.3 is 24.5 Å². The Kier molecular flexibility index (Phi) is 8.34. The smallest absolute Gasteiger partial charge is 0.311 e. The molecule has 1 aromatic rings. The number of rotatable bonds is 8. The van der Waals surface area contributed by atoms with E-state index >= 15 is 0 Å². The van der Waals surface area contributed by atoms with Crippen molar-refractivity contribution in [2.75, 3.05) is 42.6 Å². The van der Waals surface area contributed by atoms with Gasteiger partial charge in [0.2, 0.25) is 5.91 Å². The third-order valence-corrected chi connectivity index (χ3v) is 10.4. The van der Waals surface area contributed by atoms with Crippen molar-refractivity contribution in [1.82, 2.24) is 4.90 Å². The van der Waals surface area contributed by atoms with Crippen LogP contribution in [0.5, 0.6) is 0 Å². The van der Waals surface area contributed by atoms with E-state index in [0.29, 0.717) is 19.4 Å². The molecule has 8 nitrogen and oxygen atoms in total. The lowest BCUT2D eigenvalue weighted by atomic mass is 9.78. The first kappa shape index (κ1) is 28.7.